The van der Waals surface area contributed by atoms with Crippen molar-refractivity contribution >= 4 is 15.9 Å². The number of hydrogen-bond donors (Lipinski definition) is 1. The van der Waals surface area contributed by atoms with E-state index in [9.17, 15) is 5.11 Å². The first kappa shape index (κ1) is 11.0. The Morgan fingerprint density at radius 3 is 2.44 bits per heavy atom. The summed E-state index contributed by atoms with van der Waals surface area (Å²) in [5.74, 6) is 1.37. The molecular weight excluding hydrogens is 268 g/mol. The molecule has 0 fully saturated rings. The lowest BCUT2D eigenvalue weighted by Gasteiger charge is -2.10. The summed E-state index contributed by atoms with van der Waals surface area (Å²) in [5, 5.41) is 10.4. The van der Waals surface area contributed by atoms with Crippen molar-refractivity contribution in [3.63, 3.8) is 0 Å². The van der Waals surface area contributed by atoms with Crippen LogP contribution in [0.5, 0.6) is 17.2 Å². The summed E-state index contributed by atoms with van der Waals surface area (Å²) in [7, 11) is 0. The lowest BCUT2D eigenvalue weighted by molar-refractivity contribution is 0.409. The van der Waals surface area contributed by atoms with Crippen LogP contribution in [0.4, 0.5) is 0 Å². The largest absolute Gasteiger partial charge is 0.504 e. The molecule has 0 aliphatic rings. The summed E-state index contributed by atoms with van der Waals surface area (Å²) in [6, 6.07) is 14.7. The Hall–Kier alpha value is -1.48. The third-order valence-electron chi connectivity index (χ3n) is 2.18. The van der Waals surface area contributed by atoms with Gasteiger partial charge in [0.05, 0.1) is 0 Å². The SMILES string of the molecule is Oc1cccc(CBr)c1Oc1ccccc1. The molecule has 0 unspecified atom stereocenters. The van der Waals surface area contributed by atoms with Crippen LogP contribution in [0.3, 0.4) is 0 Å². The van der Waals surface area contributed by atoms with E-state index >= 15 is 0 Å². The van der Waals surface area contributed by atoms with Crippen molar-refractivity contribution in [1.82, 2.24) is 0 Å². The number of rotatable bonds is 3. The van der Waals surface area contributed by atoms with Gasteiger partial charge in [-0.05, 0) is 18.2 Å². The maximum absolute atomic E-state index is 9.74. The minimum absolute atomic E-state index is 0.154. The lowest BCUT2D eigenvalue weighted by Crippen LogP contribution is -1.89. The molecule has 0 atom stereocenters. The van der Waals surface area contributed by atoms with Gasteiger partial charge in [0.1, 0.15) is 5.75 Å². The van der Waals surface area contributed by atoms with Gasteiger partial charge in [-0.2, -0.15) is 0 Å². The van der Waals surface area contributed by atoms with Gasteiger partial charge >= 0.3 is 0 Å². The normalized spacial score (nSPS) is 10.1. The number of halogens is 1. The highest BCUT2D eigenvalue weighted by Crippen LogP contribution is 2.35. The van der Waals surface area contributed by atoms with Gasteiger partial charge in [0.2, 0.25) is 0 Å². The van der Waals surface area contributed by atoms with Crippen molar-refractivity contribution in [2.24, 2.45) is 0 Å². The summed E-state index contributed by atoms with van der Waals surface area (Å²) in [5.41, 5.74) is 0.920. The van der Waals surface area contributed by atoms with Gasteiger partial charge in [0, 0.05) is 10.9 Å². The molecular formula is C13H11BrO2. The number of benzene rings is 2. The Kier molecular flexibility index (Phi) is 3.47. The van der Waals surface area contributed by atoms with Crippen molar-refractivity contribution in [2.75, 3.05) is 0 Å². The summed E-state index contributed by atoms with van der Waals surface area (Å²) < 4.78 is 5.65. The van der Waals surface area contributed by atoms with Crippen LogP contribution in [-0.2, 0) is 5.33 Å². The third kappa shape index (κ3) is 2.36. The predicted molar refractivity (Wildman–Crippen MR) is 67.3 cm³/mol. The van der Waals surface area contributed by atoms with Crippen molar-refractivity contribution in [3.05, 3.63) is 54.1 Å². The fourth-order valence-electron chi connectivity index (χ4n) is 1.40. The second-order valence-electron chi connectivity index (χ2n) is 3.31. The number of phenolic OH excluding ortho intramolecular Hbond substituents is 1. The third-order valence-corrected chi connectivity index (χ3v) is 2.79. The van der Waals surface area contributed by atoms with Gasteiger partial charge in [-0.3, -0.25) is 0 Å². The molecule has 0 bridgehead atoms. The van der Waals surface area contributed by atoms with E-state index in [0.29, 0.717) is 16.8 Å². The molecule has 0 aliphatic carbocycles. The van der Waals surface area contributed by atoms with Gasteiger partial charge in [-0.25, -0.2) is 0 Å². The van der Waals surface area contributed by atoms with E-state index in [1.54, 1.807) is 12.1 Å². The fraction of sp³-hybridized carbons (Fsp3) is 0.0769. The fourth-order valence-corrected chi connectivity index (χ4v) is 1.84. The zero-order valence-corrected chi connectivity index (χ0v) is 10.1. The van der Waals surface area contributed by atoms with Crippen molar-refractivity contribution in [2.45, 2.75) is 5.33 Å². The summed E-state index contributed by atoms with van der Waals surface area (Å²) in [6.45, 7) is 0. The topological polar surface area (TPSA) is 29.5 Å². The number of hydrogen-bond acceptors (Lipinski definition) is 2. The van der Waals surface area contributed by atoms with E-state index in [0.717, 1.165) is 5.56 Å². The van der Waals surface area contributed by atoms with E-state index in [1.165, 1.54) is 0 Å². The zero-order valence-electron chi connectivity index (χ0n) is 8.56. The molecule has 0 saturated heterocycles. The van der Waals surface area contributed by atoms with Gasteiger partial charge in [-0.1, -0.05) is 46.3 Å². The molecule has 0 amide bonds. The summed E-state index contributed by atoms with van der Waals surface area (Å²) >= 11 is 3.36. The molecule has 2 rings (SSSR count). The second kappa shape index (κ2) is 5.03. The molecule has 16 heavy (non-hydrogen) atoms. The molecule has 3 heteroatoms. The highest BCUT2D eigenvalue weighted by atomic mass is 79.9. The monoisotopic (exact) mass is 278 g/mol. The van der Waals surface area contributed by atoms with Crippen LogP contribution in [0, 0.1) is 0 Å². The highest BCUT2D eigenvalue weighted by Gasteiger charge is 2.08. The summed E-state index contributed by atoms with van der Waals surface area (Å²) in [6.07, 6.45) is 0. The first-order chi connectivity index (χ1) is 7.81. The molecule has 2 aromatic rings. The van der Waals surface area contributed by atoms with Crippen molar-refractivity contribution < 1.29 is 9.84 Å². The van der Waals surface area contributed by atoms with Crippen molar-refractivity contribution in [1.29, 1.82) is 0 Å². The zero-order chi connectivity index (χ0) is 11.4. The molecule has 0 heterocycles. The van der Waals surface area contributed by atoms with E-state index < -0.39 is 0 Å². The van der Waals surface area contributed by atoms with Gasteiger partial charge in [0.15, 0.2) is 11.5 Å². The first-order valence-corrected chi connectivity index (χ1v) is 6.03. The van der Waals surface area contributed by atoms with Crippen LogP contribution in [0.2, 0.25) is 0 Å². The molecule has 1 N–H and O–H groups in total. The van der Waals surface area contributed by atoms with Crippen LogP contribution < -0.4 is 4.74 Å². The molecule has 0 aliphatic heterocycles. The van der Waals surface area contributed by atoms with Crippen LogP contribution in [-0.4, -0.2) is 5.11 Å². The smallest absolute Gasteiger partial charge is 0.173 e. The second-order valence-corrected chi connectivity index (χ2v) is 3.87. The number of aromatic hydroxyl groups is 1. The van der Waals surface area contributed by atoms with Crippen LogP contribution in [0.1, 0.15) is 5.56 Å². The maximum Gasteiger partial charge on any atom is 0.173 e. The molecule has 0 spiro atoms. The Bertz CT molecular complexity index is 469. The van der Waals surface area contributed by atoms with Gasteiger partial charge in [-0.15, -0.1) is 0 Å². The molecule has 0 aromatic heterocycles. The van der Waals surface area contributed by atoms with E-state index in [4.69, 9.17) is 4.74 Å². The Morgan fingerprint density at radius 2 is 1.75 bits per heavy atom. The standard InChI is InChI=1S/C13H11BrO2/c14-9-10-5-4-8-12(15)13(10)16-11-6-2-1-3-7-11/h1-8,15H,9H2. The predicted octanol–water partition coefficient (Wildman–Crippen LogP) is 4.08. The number of alkyl halides is 1. The van der Waals surface area contributed by atoms with Crippen LogP contribution in [0.15, 0.2) is 48.5 Å². The van der Waals surface area contributed by atoms with E-state index in [-0.39, 0.29) is 5.75 Å². The Balaban J connectivity index is 2.34. The average Bonchev–Trinajstić information content (AvgIpc) is 2.33. The van der Waals surface area contributed by atoms with E-state index in [1.807, 2.05) is 36.4 Å². The molecule has 0 radical (unpaired) electrons. The summed E-state index contributed by atoms with van der Waals surface area (Å²) in [4.78, 5) is 0. The van der Waals surface area contributed by atoms with Crippen molar-refractivity contribution in [3.8, 4) is 17.2 Å². The van der Waals surface area contributed by atoms with E-state index in [2.05, 4.69) is 15.9 Å². The maximum atomic E-state index is 9.74. The van der Waals surface area contributed by atoms with Crippen LogP contribution >= 0.6 is 15.9 Å². The Labute approximate surface area is 103 Å². The van der Waals surface area contributed by atoms with Gasteiger partial charge in [0.25, 0.3) is 0 Å². The minimum Gasteiger partial charge on any atom is -0.504 e. The quantitative estimate of drug-likeness (QED) is 0.858. The van der Waals surface area contributed by atoms with Crippen LogP contribution in [0.25, 0.3) is 0 Å². The number of phenols is 1. The molecule has 2 aromatic carbocycles. The molecule has 2 nitrogen and oxygen atoms in total. The first-order valence-electron chi connectivity index (χ1n) is 4.91. The highest BCUT2D eigenvalue weighted by molar-refractivity contribution is 9.08. The number of ether oxygens (including phenoxy) is 1. The van der Waals surface area contributed by atoms with Gasteiger partial charge < -0.3 is 9.84 Å². The average molecular weight is 279 g/mol. The lowest BCUT2D eigenvalue weighted by atomic mass is 10.2. The number of para-hydroxylation sites is 2. The molecule has 82 valence electrons. The Morgan fingerprint density at radius 1 is 1.00 bits per heavy atom. The minimum atomic E-state index is 0.154. The molecule has 0 saturated carbocycles.